The Morgan fingerprint density at radius 3 is 2.27 bits per heavy atom. The van der Waals surface area contributed by atoms with Crippen LogP contribution in [0.3, 0.4) is 0 Å². The predicted octanol–water partition coefficient (Wildman–Crippen LogP) is -0.637. The number of nitrogens with zero attached hydrogens (tertiary/aromatic N) is 2. The largest absolute Gasteiger partial charge is 1.00 e. The second kappa shape index (κ2) is 12.9. The number of likely N-dealkylation sites (tertiary alicyclic amines) is 1. The Morgan fingerprint density at radius 1 is 1.00 bits per heavy atom. The molecule has 2 aromatic carbocycles. The average molecular weight is 540 g/mol. The van der Waals surface area contributed by atoms with Gasteiger partial charge in [-0.3, -0.25) is 4.79 Å². The molecule has 0 unspecified atom stereocenters. The zero-order valence-electron chi connectivity index (χ0n) is 21.7. The van der Waals surface area contributed by atoms with Crippen molar-refractivity contribution in [3.63, 3.8) is 0 Å². The number of carboxylic acid groups (broad SMARTS) is 1. The van der Waals surface area contributed by atoms with Gasteiger partial charge >= 0.3 is 41.6 Å². The van der Waals surface area contributed by atoms with Crippen LogP contribution in [-0.4, -0.2) is 72.4 Å². The number of carboxylic acids is 1. The molecule has 12 heteroatoms. The Bertz CT molecular complexity index is 1210. The van der Waals surface area contributed by atoms with Crippen LogP contribution in [0.25, 0.3) is 0 Å². The number of benzene rings is 2. The normalized spacial score (nSPS) is 18.6. The summed E-state index contributed by atoms with van der Waals surface area (Å²) < 4.78 is 32.6. The van der Waals surface area contributed by atoms with E-state index in [-0.39, 0.29) is 48.8 Å². The monoisotopic (exact) mass is 539 g/mol. The summed E-state index contributed by atoms with van der Waals surface area (Å²) in [6.07, 6.45) is 2.28. The van der Waals surface area contributed by atoms with E-state index in [0.717, 1.165) is 17.1 Å². The Hall–Kier alpha value is -2.44. The first-order valence-electron chi connectivity index (χ1n) is 11.9. The van der Waals surface area contributed by atoms with Crippen molar-refractivity contribution in [3.05, 3.63) is 60.2 Å². The van der Waals surface area contributed by atoms with Crippen molar-refractivity contribution in [2.75, 3.05) is 19.6 Å². The van der Waals surface area contributed by atoms with Gasteiger partial charge in [-0.1, -0.05) is 30.3 Å². The minimum Gasteiger partial charge on any atom is -1.00 e. The number of hydrogen-bond donors (Lipinski definition) is 2. The third-order valence-electron chi connectivity index (χ3n) is 6.40. The molecule has 0 saturated carbocycles. The van der Waals surface area contributed by atoms with Gasteiger partial charge < -0.3 is 21.5 Å². The van der Waals surface area contributed by atoms with E-state index in [2.05, 4.69) is 5.32 Å². The van der Waals surface area contributed by atoms with E-state index in [9.17, 15) is 27.9 Å². The topological polar surface area (TPSA) is 133 Å². The van der Waals surface area contributed by atoms with Gasteiger partial charge in [0.15, 0.2) is 0 Å². The number of carbonyl (C=O) groups is 3. The summed E-state index contributed by atoms with van der Waals surface area (Å²) in [5.74, 6) is -1.53. The second-order valence-corrected chi connectivity index (χ2v) is 10.8. The van der Waals surface area contributed by atoms with Crippen molar-refractivity contribution in [1.29, 1.82) is 0 Å². The summed E-state index contributed by atoms with van der Waals surface area (Å²) in [5, 5.41) is 12.2. The van der Waals surface area contributed by atoms with Crippen LogP contribution in [0.5, 0.6) is 5.75 Å². The molecule has 0 aliphatic carbocycles. The van der Waals surface area contributed by atoms with Crippen LogP contribution in [0.1, 0.15) is 32.7 Å². The van der Waals surface area contributed by atoms with Gasteiger partial charge in [0, 0.05) is 26.1 Å². The molecule has 2 fully saturated rings. The third kappa shape index (κ3) is 7.11. The standard InChI is InChI=1S/C25H29N3O7S.Na.H/c29-23(22-9-6-16-28(22)36(33,34)20-7-2-1-3-8-20)26-21(24(30)31)17-18-10-12-19(13-11-18)35-25(32)27-14-4-5-15-27;;/h1-3,7-8,10-13,21-22H,4-6,9,14-17H2,(H,26,29)(H,30,31);;/q;+1;-1/t21-,22-;;/m0../s1. The molecule has 2 N–H and O–H groups in total. The smallest absolute Gasteiger partial charge is 1.00 e. The average Bonchev–Trinajstić information content (AvgIpc) is 3.58. The van der Waals surface area contributed by atoms with E-state index in [1.54, 1.807) is 47.4 Å². The van der Waals surface area contributed by atoms with Crippen LogP contribution >= 0.6 is 0 Å². The number of amides is 2. The summed E-state index contributed by atoms with van der Waals surface area (Å²) >= 11 is 0. The molecule has 2 saturated heterocycles. The molecule has 0 bridgehead atoms. The maximum absolute atomic E-state index is 13.0. The van der Waals surface area contributed by atoms with Crippen LogP contribution in [-0.2, 0) is 26.0 Å². The van der Waals surface area contributed by atoms with Crippen molar-refractivity contribution >= 4 is 28.0 Å². The zero-order valence-corrected chi connectivity index (χ0v) is 23.5. The minimum atomic E-state index is -3.89. The number of ether oxygens (including phenoxy) is 1. The van der Waals surface area contributed by atoms with Gasteiger partial charge in [0.1, 0.15) is 17.8 Å². The first-order valence-corrected chi connectivity index (χ1v) is 13.4. The van der Waals surface area contributed by atoms with Crippen LogP contribution in [0.15, 0.2) is 59.5 Å². The van der Waals surface area contributed by atoms with E-state index >= 15 is 0 Å². The van der Waals surface area contributed by atoms with Crippen LogP contribution in [0, 0.1) is 0 Å². The minimum absolute atomic E-state index is 0. The summed E-state index contributed by atoms with van der Waals surface area (Å²) in [5.41, 5.74) is 0.615. The Morgan fingerprint density at radius 2 is 1.65 bits per heavy atom. The quantitative estimate of drug-likeness (QED) is 0.427. The third-order valence-corrected chi connectivity index (χ3v) is 8.33. The van der Waals surface area contributed by atoms with Gasteiger partial charge in [0.25, 0.3) is 0 Å². The Labute approximate surface area is 239 Å². The van der Waals surface area contributed by atoms with Crippen molar-refractivity contribution in [1.82, 2.24) is 14.5 Å². The summed E-state index contributed by atoms with van der Waals surface area (Å²) in [4.78, 5) is 38.7. The van der Waals surface area contributed by atoms with Gasteiger partial charge in [-0.15, -0.1) is 0 Å². The maximum atomic E-state index is 13.0. The molecular formula is C25H30N3NaO7S. The molecule has 10 nitrogen and oxygen atoms in total. The summed E-state index contributed by atoms with van der Waals surface area (Å²) in [6.45, 7) is 1.52. The van der Waals surface area contributed by atoms with Crippen LogP contribution < -0.4 is 39.6 Å². The van der Waals surface area contributed by atoms with Crippen molar-refractivity contribution in [2.24, 2.45) is 0 Å². The molecule has 2 aliphatic rings. The van der Waals surface area contributed by atoms with Crippen molar-refractivity contribution < 1.29 is 63.6 Å². The summed E-state index contributed by atoms with van der Waals surface area (Å²) in [6, 6.07) is 12.0. The summed E-state index contributed by atoms with van der Waals surface area (Å²) in [7, 11) is -3.89. The zero-order chi connectivity index (χ0) is 25.7. The fourth-order valence-corrected chi connectivity index (χ4v) is 6.16. The molecule has 4 rings (SSSR count). The molecule has 194 valence electrons. The van der Waals surface area contributed by atoms with E-state index < -0.39 is 40.1 Å². The number of aliphatic carboxylic acids is 1. The molecule has 0 aromatic heterocycles. The predicted molar refractivity (Wildman–Crippen MR) is 131 cm³/mol. The Kier molecular flexibility index (Phi) is 10.1. The van der Waals surface area contributed by atoms with E-state index in [0.29, 0.717) is 37.2 Å². The molecule has 0 radical (unpaired) electrons. The first kappa shape index (κ1) is 29.1. The van der Waals surface area contributed by atoms with Gasteiger partial charge in [-0.05, 0) is 55.5 Å². The van der Waals surface area contributed by atoms with E-state index in [4.69, 9.17) is 4.74 Å². The molecule has 2 aromatic rings. The van der Waals surface area contributed by atoms with E-state index in [1.807, 2.05) is 0 Å². The van der Waals surface area contributed by atoms with Crippen LogP contribution in [0.2, 0.25) is 0 Å². The fraction of sp³-hybridized carbons (Fsp3) is 0.400. The molecule has 37 heavy (non-hydrogen) atoms. The molecule has 0 spiro atoms. The van der Waals surface area contributed by atoms with Crippen molar-refractivity contribution in [2.45, 2.75) is 49.1 Å². The van der Waals surface area contributed by atoms with Gasteiger partial charge in [0.05, 0.1) is 4.90 Å². The second-order valence-electron chi connectivity index (χ2n) is 8.90. The van der Waals surface area contributed by atoms with Gasteiger partial charge in [-0.25, -0.2) is 18.0 Å². The SMILES string of the molecule is O=C(O)[C@H](Cc1ccc(OC(=O)N2CCCC2)cc1)NC(=O)[C@@H]1CCCN1S(=O)(=O)c1ccccc1.[H-].[Na+]. The molecule has 2 atom stereocenters. The molecule has 2 amide bonds. The van der Waals surface area contributed by atoms with Crippen molar-refractivity contribution in [3.8, 4) is 5.75 Å². The number of rotatable bonds is 8. The number of carbonyl (C=O) groups excluding carboxylic acids is 2. The first-order chi connectivity index (χ1) is 17.3. The van der Waals surface area contributed by atoms with Crippen LogP contribution in [0.4, 0.5) is 4.79 Å². The maximum Gasteiger partial charge on any atom is 1.00 e. The number of hydrogen-bond acceptors (Lipinski definition) is 6. The molecular weight excluding hydrogens is 509 g/mol. The number of sulfonamides is 1. The molecule has 2 aliphatic heterocycles. The van der Waals surface area contributed by atoms with E-state index in [1.165, 1.54) is 12.1 Å². The van der Waals surface area contributed by atoms with Gasteiger partial charge in [-0.2, -0.15) is 4.31 Å². The number of nitrogens with one attached hydrogen (secondary N) is 1. The Balaban J connectivity index is 0.00000253. The van der Waals surface area contributed by atoms with Gasteiger partial charge in [0.2, 0.25) is 15.9 Å². The molecule has 2 heterocycles. The fourth-order valence-electron chi connectivity index (χ4n) is 4.48.